The van der Waals surface area contributed by atoms with Crippen molar-refractivity contribution in [3.63, 3.8) is 0 Å². The molecule has 23 heavy (non-hydrogen) atoms. The van der Waals surface area contributed by atoms with E-state index in [1.54, 1.807) is 0 Å². The average molecular weight is 342 g/mol. The van der Waals surface area contributed by atoms with E-state index >= 15 is 0 Å². The summed E-state index contributed by atoms with van der Waals surface area (Å²) < 4.78 is 15.3. The van der Waals surface area contributed by atoms with Crippen molar-refractivity contribution >= 4 is 0 Å². The Balaban J connectivity index is 2.11. The van der Waals surface area contributed by atoms with Gasteiger partial charge < -0.3 is 55.1 Å². The van der Waals surface area contributed by atoms with Crippen LogP contribution in [0.15, 0.2) is 0 Å². The van der Waals surface area contributed by atoms with Crippen molar-refractivity contribution in [3.8, 4) is 0 Å². The molecule has 0 bridgehead atoms. The van der Waals surface area contributed by atoms with Crippen molar-refractivity contribution in [3.05, 3.63) is 0 Å². The van der Waals surface area contributed by atoms with Crippen LogP contribution in [0, 0.1) is 0 Å². The van der Waals surface area contributed by atoms with Crippen LogP contribution in [-0.2, 0) is 14.2 Å². The van der Waals surface area contributed by atoms with E-state index in [9.17, 15) is 35.7 Å². The standard InChI is InChI=1S/C12H22O11/c13-1-3-5(15)6(16)9(19)12(22-3)23-10-4(2-14)21-11(20)8(18)7(10)17/h3-20H,1-2H2/t3-,4-,5+,6-,7-,8-,9-,10-,11-,12-/m1/s1. The fourth-order valence-corrected chi connectivity index (χ4v) is 2.57. The summed E-state index contributed by atoms with van der Waals surface area (Å²) in [5.74, 6) is 0. The Morgan fingerprint density at radius 1 is 0.652 bits per heavy atom. The third-order valence-corrected chi connectivity index (χ3v) is 3.98. The van der Waals surface area contributed by atoms with E-state index in [0.29, 0.717) is 0 Å². The third-order valence-electron chi connectivity index (χ3n) is 3.98. The monoisotopic (exact) mass is 342 g/mol. The van der Waals surface area contributed by atoms with Crippen LogP contribution in [0.5, 0.6) is 0 Å². The highest BCUT2D eigenvalue weighted by atomic mass is 16.7. The van der Waals surface area contributed by atoms with E-state index in [0.717, 1.165) is 0 Å². The lowest BCUT2D eigenvalue weighted by atomic mass is 9.97. The van der Waals surface area contributed by atoms with Crippen molar-refractivity contribution in [1.29, 1.82) is 0 Å². The second-order valence-electron chi connectivity index (χ2n) is 5.53. The molecule has 0 radical (unpaired) electrons. The summed E-state index contributed by atoms with van der Waals surface area (Å²) >= 11 is 0. The highest BCUT2D eigenvalue weighted by molar-refractivity contribution is 4.93. The molecule has 2 rings (SSSR count). The van der Waals surface area contributed by atoms with Crippen LogP contribution in [0.3, 0.4) is 0 Å². The highest BCUT2D eigenvalue weighted by Crippen LogP contribution is 2.28. The van der Waals surface area contributed by atoms with Gasteiger partial charge in [-0.3, -0.25) is 0 Å². The summed E-state index contributed by atoms with van der Waals surface area (Å²) in [4.78, 5) is 0. The maximum Gasteiger partial charge on any atom is 0.187 e. The van der Waals surface area contributed by atoms with Crippen LogP contribution in [0.25, 0.3) is 0 Å². The van der Waals surface area contributed by atoms with E-state index in [1.807, 2.05) is 0 Å². The predicted octanol–water partition coefficient (Wildman–Crippen LogP) is -5.40. The Bertz CT molecular complexity index is 378. The van der Waals surface area contributed by atoms with Gasteiger partial charge in [0, 0.05) is 0 Å². The van der Waals surface area contributed by atoms with Gasteiger partial charge in [-0.1, -0.05) is 0 Å². The van der Waals surface area contributed by atoms with Crippen molar-refractivity contribution < 1.29 is 55.1 Å². The van der Waals surface area contributed by atoms with Gasteiger partial charge in [-0.25, -0.2) is 0 Å². The molecule has 2 fully saturated rings. The first kappa shape index (κ1) is 18.9. The second-order valence-corrected chi connectivity index (χ2v) is 5.53. The zero-order chi connectivity index (χ0) is 17.3. The second kappa shape index (κ2) is 7.63. The Labute approximate surface area is 130 Å². The van der Waals surface area contributed by atoms with Crippen LogP contribution in [0.2, 0.25) is 0 Å². The van der Waals surface area contributed by atoms with Crippen LogP contribution < -0.4 is 0 Å². The zero-order valence-electron chi connectivity index (χ0n) is 12.0. The van der Waals surface area contributed by atoms with Crippen molar-refractivity contribution in [1.82, 2.24) is 0 Å². The summed E-state index contributed by atoms with van der Waals surface area (Å²) in [7, 11) is 0. The van der Waals surface area contributed by atoms with Gasteiger partial charge in [0.2, 0.25) is 0 Å². The Morgan fingerprint density at radius 2 is 1.26 bits per heavy atom. The number of hydrogen-bond acceptors (Lipinski definition) is 11. The van der Waals surface area contributed by atoms with Gasteiger partial charge in [-0.05, 0) is 0 Å². The van der Waals surface area contributed by atoms with Crippen molar-refractivity contribution in [2.24, 2.45) is 0 Å². The molecule has 2 heterocycles. The Kier molecular flexibility index (Phi) is 6.27. The molecule has 0 unspecified atom stereocenters. The van der Waals surface area contributed by atoms with Crippen molar-refractivity contribution in [2.45, 2.75) is 61.4 Å². The van der Waals surface area contributed by atoms with Gasteiger partial charge in [0.25, 0.3) is 0 Å². The summed E-state index contributed by atoms with van der Waals surface area (Å²) in [6.07, 6.45) is -15.6. The van der Waals surface area contributed by atoms with Gasteiger partial charge in [0.1, 0.15) is 48.8 Å². The molecule has 11 nitrogen and oxygen atoms in total. The molecule has 2 saturated heterocycles. The van der Waals surface area contributed by atoms with Crippen LogP contribution >= 0.6 is 0 Å². The maximum atomic E-state index is 9.94. The van der Waals surface area contributed by atoms with Gasteiger partial charge in [-0.15, -0.1) is 0 Å². The fraction of sp³-hybridized carbons (Fsp3) is 1.00. The highest BCUT2D eigenvalue weighted by Gasteiger charge is 2.50. The number of ether oxygens (including phenoxy) is 3. The molecule has 11 heteroatoms. The zero-order valence-corrected chi connectivity index (χ0v) is 12.0. The Hall–Kier alpha value is -0.440. The van der Waals surface area contributed by atoms with Crippen LogP contribution in [-0.4, -0.2) is 115 Å². The molecule has 2 aliphatic rings. The normalized spacial score (nSPS) is 51.7. The molecular formula is C12H22O11. The molecule has 10 atom stereocenters. The number of rotatable bonds is 4. The van der Waals surface area contributed by atoms with Crippen LogP contribution in [0.1, 0.15) is 0 Å². The molecule has 0 spiro atoms. The quantitative estimate of drug-likeness (QED) is 0.243. The molecule has 2 aliphatic heterocycles. The minimum absolute atomic E-state index is 0.667. The topological polar surface area (TPSA) is 190 Å². The minimum atomic E-state index is -1.74. The van der Waals surface area contributed by atoms with Crippen molar-refractivity contribution in [2.75, 3.05) is 13.2 Å². The third kappa shape index (κ3) is 3.65. The van der Waals surface area contributed by atoms with Gasteiger partial charge in [-0.2, -0.15) is 0 Å². The van der Waals surface area contributed by atoms with E-state index in [2.05, 4.69) is 0 Å². The predicted molar refractivity (Wildman–Crippen MR) is 68.6 cm³/mol. The molecule has 0 saturated carbocycles. The lowest BCUT2D eigenvalue weighted by molar-refractivity contribution is -0.355. The van der Waals surface area contributed by atoms with Gasteiger partial charge in [0.15, 0.2) is 12.6 Å². The first-order valence-electron chi connectivity index (χ1n) is 7.08. The summed E-state index contributed by atoms with van der Waals surface area (Å²) in [5, 5.41) is 76.5. The van der Waals surface area contributed by atoms with E-state index in [4.69, 9.17) is 19.3 Å². The molecule has 0 amide bonds. The van der Waals surface area contributed by atoms with E-state index in [1.165, 1.54) is 0 Å². The van der Waals surface area contributed by atoms with Gasteiger partial charge >= 0.3 is 0 Å². The fourth-order valence-electron chi connectivity index (χ4n) is 2.57. The lowest BCUT2D eigenvalue weighted by Gasteiger charge is -2.45. The number of aliphatic hydroxyl groups excluding tert-OH is 8. The number of hydrogen-bond donors (Lipinski definition) is 8. The summed E-state index contributed by atoms with van der Waals surface area (Å²) in [6.45, 7) is -1.35. The van der Waals surface area contributed by atoms with Crippen LogP contribution in [0.4, 0.5) is 0 Å². The first-order valence-corrected chi connectivity index (χ1v) is 7.08. The molecule has 0 aromatic rings. The molecular weight excluding hydrogens is 320 g/mol. The largest absolute Gasteiger partial charge is 0.394 e. The molecule has 136 valence electrons. The lowest BCUT2D eigenvalue weighted by Crippen LogP contribution is -2.64. The average Bonchev–Trinajstić information content (AvgIpc) is 2.55. The van der Waals surface area contributed by atoms with E-state index in [-0.39, 0.29) is 0 Å². The first-order chi connectivity index (χ1) is 10.8. The Morgan fingerprint density at radius 3 is 1.83 bits per heavy atom. The van der Waals surface area contributed by atoms with E-state index < -0.39 is 74.6 Å². The molecule has 0 aromatic heterocycles. The van der Waals surface area contributed by atoms with Gasteiger partial charge in [0.05, 0.1) is 13.2 Å². The SMILES string of the molecule is OC[C@H]1O[C@H](O[C@H]2[C@H](O)[C@@H](O)[C@H](O)O[C@@H]2CO)[C@H](O)[C@H](O)[C@H]1O. The summed E-state index contributed by atoms with van der Waals surface area (Å²) in [6, 6.07) is 0. The minimum Gasteiger partial charge on any atom is -0.394 e. The molecule has 8 N–H and O–H groups in total. The smallest absolute Gasteiger partial charge is 0.187 e. The number of aliphatic hydroxyl groups is 8. The maximum absolute atomic E-state index is 9.94. The molecule has 0 aromatic carbocycles. The summed E-state index contributed by atoms with van der Waals surface area (Å²) in [5.41, 5.74) is 0. The molecule has 0 aliphatic carbocycles.